The maximum absolute atomic E-state index is 10.7. The highest BCUT2D eigenvalue weighted by molar-refractivity contribution is 7.19. The minimum absolute atomic E-state index is 0.0595. The zero-order valence-corrected chi connectivity index (χ0v) is 16.3. The Morgan fingerprint density at radius 2 is 1.96 bits per heavy atom. The third kappa shape index (κ3) is 5.05. The summed E-state index contributed by atoms with van der Waals surface area (Å²) in [6.07, 6.45) is -0.638. The maximum atomic E-state index is 10.7. The Morgan fingerprint density at radius 1 is 1.21 bits per heavy atom. The molecule has 2 aromatic carbocycles. The molecule has 0 aliphatic carbocycles. The van der Waals surface area contributed by atoms with Gasteiger partial charge in [-0.1, -0.05) is 30.3 Å². The predicted octanol–water partition coefficient (Wildman–Crippen LogP) is 3.60. The van der Waals surface area contributed by atoms with Gasteiger partial charge in [-0.2, -0.15) is 0 Å². The number of nitro groups is 1. The second-order valence-corrected chi connectivity index (χ2v) is 7.32. The molecule has 1 atom stereocenters. The number of fused-ring (bicyclic) bond motifs is 1. The summed E-state index contributed by atoms with van der Waals surface area (Å²) < 4.78 is 1.15. The van der Waals surface area contributed by atoms with Gasteiger partial charge in [0.05, 0.1) is 11.5 Å². The lowest BCUT2D eigenvalue weighted by Gasteiger charge is -2.14. The Hall–Kier alpha value is -2.97. The molecular weight excluding hydrogens is 376 g/mol. The van der Waals surface area contributed by atoms with E-state index < -0.39 is 11.0 Å². The van der Waals surface area contributed by atoms with Crippen LogP contribution in [-0.4, -0.2) is 29.1 Å². The van der Waals surface area contributed by atoms with E-state index in [9.17, 15) is 15.2 Å². The fourth-order valence-corrected chi connectivity index (χ4v) is 3.75. The van der Waals surface area contributed by atoms with E-state index in [1.165, 1.54) is 12.1 Å². The zero-order chi connectivity index (χ0) is 19.9. The van der Waals surface area contributed by atoms with Crippen LogP contribution in [0.25, 0.3) is 10.1 Å². The van der Waals surface area contributed by atoms with Gasteiger partial charge < -0.3 is 15.7 Å². The number of aliphatic imine (C=N–C) groups is 1. The molecule has 7 nitrogen and oxygen atoms in total. The fourth-order valence-electron chi connectivity index (χ4n) is 2.70. The van der Waals surface area contributed by atoms with Gasteiger partial charge in [0, 0.05) is 34.8 Å². The summed E-state index contributed by atoms with van der Waals surface area (Å²) in [5, 5.41) is 28.6. The lowest BCUT2D eigenvalue weighted by atomic mass is 10.2. The molecular formula is C20H22N4O3S. The Bertz CT molecular complexity index is 936. The van der Waals surface area contributed by atoms with Crippen molar-refractivity contribution in [3.8, 4) is 0 Å². The number of nitrogens with one attached hydrogen (secondary N) is 2. The van der Waals surface area contributed by atoms with Crippen LogP contribution in [0.3, 0.4) is 0 Å². The number of aliphatic hydroxyl groups excluding tert-OH is 1. The van der Waals surface area contributed by atoms with Crippen LogP contribution in [0, 0.1) is 10.1 Å². The van der Waals surface area contributed by atoms with Crippen LogP contribution < -0.4 is 10.6 Å². The molecule has 0 radical (unpaired) electrons. The molecule has 0 fully saturated rings. The normalized spacial score (nSPS) is 12.7. The standard InChI is InChI=1S/C20H22N4O3S/c1-2-21-20(22-12-14-7-9-16(10-8-14)24(26)27)23-13-17(25)19-11-15-5-3-4-6-18(15)28-19/h3-11,17,25H,2,12-13H2,1H3,(H2,21,22,23). The second-order valence-electron chi connectivity index (χ2n) is 6.20. The largest absolute Gasteiger partial charge is 0.386 e. The molecule has 1 aromatic heterocycles. The second kappa shape index (κ2) is 9.29. The molecule has 8 heteroatoms. The van der Waals surface area contributed by atoms with Gasteiger partial charge in [0.2, 0.25) is 0 Å². The Labute approximate surface area is 166 Å². The number of hydrogen-bond acceptors (Lipinski definition) is 5. The molecule has 146 valence electrons. The number of nitrogens with zero attached hydrogens (tertiary/aromatic N) is 2. The molecule has 1 heterocycles. The average Bonchev–Trinajstić information content (AvgIpc) is 3.14. The van der Waals surface area contributed by atoms with Crippen LogP contribution in [0.1, 0.15) is 23.5 Å². The first-order valence-corrected chi connectivity index (χ1v) is 9.80. The molecule has 0 spiro atoms. The van der Waals surface area contributed by atoms with Crippen molar-refractivity contribution in [2.45, 2.75) is 19.6 Å². The van der Waals surface area contributed by atoms with E-state index in [0.717, 1.165) is 20.5 Å². The number of thiophene rings is 1. The quantitative estimate of drug-likeness (QED) is 0.244. The van der Waals surface area contributed by atoms with Gasteiger partial charge in [0.15, 0.2) is 5.96 Å². The molecule has 0 amide bonds. The first-order chi connectivity index (χ1) is 13.6. The van der Waals surface area contributed by atoms with Crippen LogP contribution in [0.4, 0.5) is 5.69 Å². The van der Waals surface area contributed by atoms with Crippen molar-refractivity contribution < 1.29 is 10.0 Å². The highest BCUT2D eigenvalue weighted by Crippen LogP contribution is 2.29. The summed E-state index contributed by atoms with van der Waals surface area (Å²) in [4.78, 5) is 15.7. The maximum Gasteiger partial charge on any atom is 0.269 e. The summed E-state index contributed by atoms with van der Waals surface area (Å²) in [5.41, 5.74) is 0.928. The fraction of sp³-hybridized carbons (Fsp3) is 0.250. The summed E-state index contributed by atoms with van der Waals surface area (Å²) in [6, 6.07) is 16.4. The number of aliphatic hydroxyl groups is 1. The lowest BCUT2D eigenvalue weighted by molar-refractivity contribution is -0.384. The summed E-state index contributed by atoms with van der Waals surface area (Å²) in [6.45, 7) is 3.36. The van der Waals surface area contributed by atoms with E-state index in [-0.39, 0.29) is 5.69 Å². The van der Waals surface area contributed by atoms with E-state index in [1.807, 2.05) is 37.3 Å². The van der Waals surface area contributed by atoms with Crippen molar-refractivity contribution in [2.75, 3.05) is 13.1 Å². The third-order valence-electron chi connectivity index (χ3n) is 4.15. The summed E-state index contributed by atoms with van der Waals surface area (Å²) >= 11 is 1.58. The Kier molecular flexibility index (Phi) is 6.57. The highest BCUT2D eigenvalue weighted by Gasteiger charge is 2.12. The molecule has 3 aromatic rings. The Morgan fingerprint density at radius 3 is 2.64 bits per heavy atom. The molecule has 0 saturated heterocycles. The van der Waals surface area contributed by atoms with Gasteiger partial charge in [-0.3, -0.25) is 10.1 Å². The predicted molar refractivity (Wildman–Crippen MR) is 113 cm³/mol. The monoisotopic (exact) mass is 398 g/mol. The van der Waals surface area contributed by atoms with Crippen molar-refractivity contribution in [1.82, 2.24) is 10.6 Å². The van der Waals surface area contributed by atoms with Crippen molar-refractivity contribution in [2.24, 2.45) is 4.99 Å². The summed E-state index contributed by atoms with van der Waals surface area (Å²) in [7, 11) is 0. The number of rotatable bonds is 7. The number of benzene rings is 2. The first-order valence-electron chi connectivity index (χ1n) is 8.99. The van der Waals surface area contributed by atoms with Crippen molar-refractivity contribution in [3.63, 3.8) is 0 Å². The van der Waals surface area contributed by atoms with Gasteiger partial charge in [-0.05, 0) is 30.0 Å². The van der Waals surface area contributed by atoms with E-state index in [1.54, 1.807) is 23.5 Å². The first kappa shape index (κ1) is 19.8. The van der Waals surface area contributed by atoms with Gasteiger partial charge in [0.25, 0.3) is 5.69 Å². The number of hydrogen-bond donors (Lipinski definition) is 3. The smallest absolute Gasteiger partial charge is 0.269 e. The van der Waals surface area contributed by atoms with E-state index >= 15 is 0 Å². The zero-order valence-electron chi connectivity index (χ0n) is 15.5. The molecule has 3 N–H and O–H groups in total. The highest BCUT2D eigenvalue weighted by atomic mass is 32.1. The van der Waals surface area contributed by atoms with Gasteiger partial charge in [-0.25, -0.2) is 4.99 Å². The van der Waals surface area contributed by atoms with Crippen LogP contribution in [0.15, 0.2) is 59.6 Å². The lowest BCUT2D eigenvalue weighted by Crippen LogP contribution is -2.39. The van der Waals surface area contributed by atoms with Crippen LogP contribution >= 0.6 is 11.3 Å². The minimum atomic E-state index is -0.638. The van der Waals surface area contributed by atoms with E-state index in [4.69, 9.17) is 0 Å². The molecule has 1 unspecified atom stereocenters. The summed E-state index contributed by atoms with van der Waals surface area (Å²) in [5.74, 6) is 0.584. The molecule has 0 saturated carbocycles. The van der Waals surface area contributed by atoms with Gasteiger partial charge >= 0.3 is 0 Å². The SMILES string of the molecule is CCNC(=NCc1ccc([N+](=O)[O-])cc1)NCC(O)c1cc2ccccc2s1. The van der Waals surface area contributed by atoms with Crippen LogP contribution in [0.2, 0.25) is 0 Å². The molecule has 0 aliphatic rings. The van der Waals surface area contributed by atoms with Crippen LogP contribution in [0.5, 0.6) is 0 Å². The molecule has 3 rings (SSSR count). The topological polar surface area (TPSA) is 99.8 Å². The number of guanidine groups is 1. The van der Waals surface area contributed by atoms with Crippen molar-refractivity contribution >= 4 is 33.1 Å². The van der Waals surface area contributed by atoms with Gasteiger partial charge in [-0.15, -0.1) is 11.3 Å². The number of non-ortho nitro benzene ring substituents is 1. The van der Waals surface area contributed by atoms with E-state index in [2.05, 4.69) is 15.6 Å². The minimum Gasteiger partial charge on any atom is -0.386 e. The van der Waals surface area contributed by atoms with Crippen molar-refractivity contribution in [1.29, 1.82) is 0 Å². The van der Waals surface area contributed by atoms with E-state index in [0.29, 0.717) is 25.6 Å². The van der Waals surface area contributed by atoms with Crippen molar-refractivity contribution in [3.05, 3.63) is 75.2 Å². The number of nitro benzene ring substituents is 1. The third-order valence-corrected chi connectivity index (χ3v) is 5.36. The molecule has 0 aliphatic heterocycles. The molecule has 28 heavy (non-hydrogen) atoms. The Balaban J connectivity index is 1.61. The van der Waals surface area contributed by atoms with Crippen LogP contribution in [-0.2, 0) is 6.54 Å². The average molecular weight is 398 g/mol. The molecule has 0 bridgehead atoms. The van der Waals surface area contributed by atoms with Gasteiger partial charge in [0.1, 0.15) is 6.10 Å².